The molecule has 2 fully saturated rings. The van der Waals surface area contributed by atoms with Crippen LogP contribution in [0.2, 0.25) is 0 Å². The van der Waals surface area contributed by atoms with Crippen molar-refractivity contribution in [1.29, 1.82) is 0 Å². The van der Waals surface area contributed by atoms with E-state index in [2.05, 4.69) is 10.4 Å². The maximum Gasteiger partial charge on any atom is 0.317 e. The van der Waals surface area contributed by atoms with Gasteiger partial charge in [-0.1, -0.05) is 0 Å². The number of aryl methyl sites for hydroxylation is 1. The van der Waals surface area contributed by atoms with E-state index in [9.17, 15) is 14.4 Å². The summed E-state index contributed by atoms with van der Waals surface area (Å²) in [5.41, 5.74) is 0.0368. The van der Waals surface area contributed by atoms with Gasteiger partial charge in [-0.15, -0.1) is 0 Å². The zero-order chi connectivity index (χ0) is 15.7. The largest absolute Gasteiger partial charge is 0.337 e. The van der Waals surface area contributed by atoms with Crippen LogP contribution in [0.3, 0.4) is 0 Å². The zero-order valence-corrected chi connectivity index (χ0v) is 12.5. The minimum atomic E-state index is -0.240. The van der Waals surface area contributed by atoms with Crippen LogP contribution in [0.4, 0.5) is 4.79 Å². The second kappa shape index (κ2) is 5.78. The van der Waals surface area contributed by atoms with Crippen molar-refractivity contribution in [3.8, 4) is 0 Å². The average molecular weight is 305 g/mol. The Kier molecular flexibility index (Phi) is 3.82. The van der Waals surface area contributed by atoms with Crippen LogP contribution in [0.25, 0.3) is 0 Å². The van der Waals surface area contributed by atoms with Gasteiger partial charge in [0.1, 0.15) is 5.69 Å². The molecular weight excluding hydrogens is 286 g/mol. The van der Waals surface area contributed by atoms with Crippen molar-refractivity contribution in [3.05, 3.63) is 28.2 Å². The van der Waals surface area contributed by atoms with Gasteiger partial charge in [-0.05, 0) is 18.9 Å². The Bertz CT molecular complexity index is 648. The molecule has 3 heterocycles. The summed E-state index contributed by atoms with van der Waals surface area (Å²) in [6, 6.07) is 3.00. The molecule has 0 atom stereocenters. The molecule has 0 saturated carbocycles. The van der Waals surface area contributed by atoms with Gasteiger partial charge >= 0.3 is 6.03 Å². The number of carbonyl (C=O) groups excluding carboxylic acids is 2. The van der Waals surface area contributed by atoms with Crippen LogP contribution in [0.15, 0.2) is 16.9 Å². The average Bonchev–Trinajstić information content (AvgIpc) is 2.95. The normalized spacial score (nSPS) is 19.4. The molecular formula is C14H19N5O3. The molecule has 3 rings (SSSR count). The number of nitrogens with zero attached hydrogens (tertiary/aromatic N) is 4. The number of urea groups is 1. The fourth-order valence-corrected chi connectivity index (χ4v) is 2.99. The summed E-state index contributed by atoms with van der Waals surface area (Å²) in [6.07, 6.45) is 1.54. The van der Waals surface area contributed by atoms with Gasteiger partial charge in [-0.3, -0.25) is 9.59 Å². The van der Waals surface area contributed by atoms with E-state index in [0.29, 0.717) is 19.6 Å². The molecule has 22 heavy (non-hydrogen) atoms. The lowest BCUT2D eigenvalue weighted by Gasteiger charge is -2.35. The molecule has 1 aromatic rings. The highest BCUT2D eigenvalue weighted by atomic mass is 16.2. The number of hydrogen-bond acceptors (Lipinski definition) is 4. The van der Waals surface area contributed by atoms with E-state index in [4.69, 9.17) is 0 Å². The van der Waals surface area contributed by atoms with Crippen molar-refractivity contribution in [2.75, 3.05) is 26.2 Å². The SMILES string of the molecule is Cn1nc(C(=O)N2CCC(N3CCNC3=O)CC2)ccc1=O. The van der Waals surface area contributed by atoms with Gasteiger partial charge in [0.15, 0.2) is 0 Å². The Labute approximate surface area is 127 Å². The quantitative estimate of drug-likeness (QED) is 0.791. The van der Waals surface area contributed by atoms with E-state index in [1.54, 1.807) is 4.90 Å². The third-order valence-corrected chi connectivity index (χ3v) is 4.26. The Morgan fingerprint density at radius 2 is 1.95 bits per heavy atom. The standard InChI is InChI=1S/C14H19N5O3/c1-17-12(20)3-2-11(16-17)13(21)18-7-4-10(5-8-18)19-9-6-15-14(19)22/h2-3,10H,4-9H2,1H3,(H,15,22). The van der Waals surface area contributed by atoms with Gasteiger partial charge in [-0.2, -0.15) is 5.10 Å². The summed E-state index contributed by atoms with van der Waals surface area (Å²) in [5.74, 6) is -0.167. The van der Waals surface area contributed by atoms with Crippen molar-refractivity contribution in [3.63, 3.8) is 0 Å². The summed E-state index contributed by atoms with van der Waals surface area (Å²) in [6.45, 7) is 2.62. The number of aromatic nitrogens is 2. The highest BCUT2D eigenvalue weighted by Gasteiger charge is 2.32. The van der Waals surface area contributed by atoms with E-state index >= 15 is 0 Å². The summed E-state index contributed by atoms with van der Waals surface area (Å²) < 4.78 is 1.16. The number of piperidine rings is 1. The number of nitrogens with one attached hydrogen (secondary N) is 1. The number of likely N-dealkylation sites (tertiary alicyclic amines) is 1. The van der Waals surface area contributed by atoms with Crippen LogP contribution in [0, 0.1) is 0 Å². The predicted molar refractivity (Wildman–Crippen MR) is 78.5 cm³/mol. The number of amides is 3. The number of carbonyl (C=O) groups is 2. The second-order valence-corrected chi connectivity index (χ2v) is 5.63. The zero-order valence-electron chi connectivity index (χ0n) is 12.5. The molecule has 1 N–H and O–H groups in total. The topological polar surface area (TPSA) is 87.5 Å². The first-order valence-corrected chi connectivity index (χ1v) is 7.44. The fraction of sp³-hybridized carbons (Fsp3) is 0.571. The minimum Gasteiger partial charge on any atom is -0.337 e. The molecule has 0 unspecified atom stereocenters. The summed E-state index contributed by atoms with van der Waals surface area (Å²) in [4.78, 5) is 39.0. The first kappa shape index (κ1) is 14.6. The Hall–Kier alpha value is -2.38. The van der Waals surface area contributed by atoms with Gasteiger partial charge in [0.25, 0.3) is 11.5 Å². The highest BCUT2D eigenvalue weighted by molar-refractivity contribution is 5.92. The fourth-order valence-electron chi connectivity index (χ4n) is 2.99. The molecule has 0 aliphatic carbocycles. The van der Waals surface area contributed by atoms with Crippen LogP contribution >= 0.6 is 0 Å². The monoisotopic (exact) mass is 305 g/mol. The number of hydrogen-bond donors (Lipinski definition) is 1. The van der Waals surface area contributed by atoms with Crippen LogP contribution < -0.4 is 10.9 Å². The first-order valence-electron chi connectivity index (χ1n) is 7.44. The van der Waals surface area contributed by atoms with Gasteiger partial charge in [0.2, 0.25) is 0 Å². The van der Waals surface area contributed by atoms with Crippen LogP contribution in [0.5, 0.6) is 0 Å². The molecule has 8 nitrogen and oxygen atoms in total. The third kappa shape index (κ3) is 2.68. The van der Waals surface area contributed by atoms with E-state index in [1.807, 2.05) is 4.90 Å². The Morgan fingerprint density at radius 3 is 2.55 bits per heavy atom. The second-order valence-electron chi connectivity index (χ2n) is 5.63. The first-order chi connectivity index (χ1) is 10.6. The molecule has 2 aliphatic rings. The molecule has 1 aromatic heterocycles. The molecule has 0 aromatic carbocycles. The number of rotatable bonds is 2. The predicted octanol–water partition coefficient (Wildman–Crippen LogP) is -0.590. The van der Waals surface area contributed by atoms with E-state index < -0.39 is 0 Å². The summed E-state index contributed by atoms with van der Waals surface area (Å²) in [5, 5.41) is 6.80. The summed E-state index contributed by atoms with van der Waals surface area (Å²) >= 11 is 0. The van der Waals surface area contributed by atoms with Gasteiger partial charge in [-0.25, -0.2) is 9.48 Å². The molecule has 0 bridgehead atoms. The van der Waals surface area contributed by atoms with E-state index in [0.717, 1.165) is 24.1 Å². The van der Waals surface area contributed by atoms with Crippen molar-refractivity contribution in [2.45, 2.75) is 18.9 Å². The maximum atomic E-state index is 12.4. The molecule has 8 heteroatoms. The lowest BCUT2D eigenvalue weighted by atomic mass is 10.0. The lowest BCUT2D eigenvalue weighted by molar-refractivity contribution is 0.0658. The van der Waals surface area contributed by atoms with Crippen molar-refractivity contribution < 1.29 is 9.59 Å². The molecule has 0 radical (unpaired) electrons. The van der Waals surface area contributed by atoms with Crippen molar-refractivity contribution in [1.82, 2.24) is 24.9 Å². The lowest BCUT2D eigenvalue weighted by Crippen LogP contribution is -2.48. The molecule has 2 saturated heterocycles. The molecule has 2 aliphatic heterocycles. The van der Waals surface area contributed by atoms with Crippen molar-refractivity contribution in [2.24, 2.45) is 7.05 Å². The molecule has 118 valence electrons. The minimum absolute atomic E-state index is 0.00972. The summed E-state index contributed by atoms with van der Waals surface area (Å²) in [7, 11) is 1.53. The molecule has 0 spiro atoms. The van der Waals surface area contributed by atoms with Gasteiger partial charge < -0.3 is 15.1 Å². The third-order valence-electron chi connectivity index (χ3n) is 4.26. The Balaban J connectivity index is 1.63. The maximum absolute atomic E-state index is 12.4. The van der Waals surface area contributed by atoms with Gasteiger partial charge in [0, 0.05) is 45.3 Å². The van der Waals surface area contributed by atoms with E-state index in [1.165, 1.54) is 19.2 Å². The smallest absolute Gasteiger partial charge is 0.317 e. The highest BCUT2D eigenvalue weighted by Crippen LogP contribution is 2.19. The van der Waals surface area contributed by atoms with Gasteiger partial charge in [0.05, 0.1) is 0 Å². The molecule has 3 amide bonds. The van der Waals surface area contributed by atoms with E-state index in [-0.39, 0.29) is 29.2 Å². The van der Waals surface area contributed by atoms with Crippen LogP contribution in [-0.4, -0.2) is 63.7 Å². The van der Waals surface area contributed by atoms with Crippen LogP contribution in [0.1, 0.15) is 23.3 Å². The van der Waals surface area contributed by atoms with Crippen molar-refractivity contribution >= 4 is 11.9 Å². The van der Waals surface area contributed by atoms with Crippen LogP contribution in [-0.2, 0) is 7.05 Å². The Morgan fingerprint density at radius 1 is 1.23 bits per heavy atom.